The zero-order valence-corrected chi connectivity index (χ0v) is 37.4. The number of aliphatic imine (C=N–C) groups is 1. The van der Waals surface area contributed by atoms with Gasteiger partial charge in [-0.05, 0) is 158 Å². The number of carbonyl (C=O) groups excluding carboxylic acids is 1. The highest BCUT2D eigenvalue weighted by atomic mass is 33.1. The Morgan fingerprint density at radius 2 is 1.82 bits per heavy atom. The largest absolute Gasteiger partial charge is 0.875 e. The number of rotatable bonds is 6. The van der Waals surface area contributed by atoms with Crippen molar-refractivity contribution in [3.63, 3.8) is 0 Å². The second-order valence-corrected chi connectivity index (χ2v) is 20.5. The van der Waals surface area contributed by atoms with Crippen LogP contribution in [-0.2, 0) is 23.4 Å². The van der Waals surface area contributed by atoms with Gasteiger partial charge < -0.3 is 36.8 Å². The molecule has 0 aromatic heterocycles. The zero-order valence-electron chi connectivity index (χ0n) is 35.7. The summed E-state index contributed by atoms with van der Waals surface area (Å²) in [6.07, 6.45) is 18.0. The molecule has 0 radical (unpaired) electrons. The van der Waals surface area contributed by atoms with Crippen molar-refractivity contribution >= 4 is 33.1 Å². The van der Waals surface area contributed by atoms with Gasteiger partial charge >= 0.3 is 0 Å². The molecule has 4 atom stereocenters. The number of ether oxygens (including phenoxy) is 1. The summed E-state index contributed by atoms with van der Waals surface area (Å²) < 4.78 is 6.16. The maximum absolute atomic E-state index is 14.2. The molecule has 326 valence electrons. The van der Waals surface area contributed by atoms with E-state index in [-0.39, 0.29) is 46.9 Å². The lowest BCUT2D eigenvalue weighted by Crippen LogP contribution is -2.35. The molecule has 0 unspecified atom stereocenters. The van der Waals surface area contributed by atoms with Crippen LogP contribution in [0, 0.1) is 28.6 Å². The van der Waals surface area contributed by atoms with Crippen molar-refractivity contribution in [2.75, 3.05) is 26.0 Å². The van der Waals surface area contributed by atoms with Crippen LogP contribution < -0.4 is 26.6 Å². The summed E-state index contributed by atoms with van der Waals surface area (Å²) >= 11 is 0. The van der Waals surface area contributed by atoms with Crippen molar-refractivity contribution in [1.29, 1.82) is 0 Å². The van der Waals surface area contributed by atoms with Gasteiger partial charge in [0.2, 0.25) is 0 Å². The van der Waals surface area contributed by atoms with Crippen LogP contribution in [0.2, 0.25) is 0 Å². The van der Waals surface area contributed by atoms with Crippen molar-refractivity contribution in [3.05, 3.63) is 123 Å². The maximum Gasteiger partial charge on any atom is 0.161 e. The summed E-state index contributed by atoms with van der Waals surface area (Å²) in [4.78, 5) is 18.0. The summed E-state index contributed by atoms with van der Waals surface area (Å²) in [5.74, 6) is 8.92. The van der Waals surface area contributed by atoms with Gasteiger partial charge in [-0.1, -0.05) is 70.2 Å². The molecule has 3 aromatic carbocycles. The Bertz CT molecular complexity index is 2360. The second-order valence-electron chi connectivity index (χ2n) is 18.0. The van der Waals surface area contributed by atoms with E-state index in [4.69, 9.17) is 16.2 Å². The van der Waals surface area contributed by atoms with Crippen LogP contribution in [0.4, 0.5) is 0 Å². The van der Waals surface area contributed by atoms with Crippen LogP contribution in [0.5, 0.6) is 17.2 Å². The number of nitrogens with zero attached hydrogens (tertiary/aromatic N) is 1. The highest BCUT2D eigenvalue weighted by molar-refractivity contribution is 8.76. The van der Waals surface area contributed by atoms with Crippen LogP contribution in [0.3, 0.4) is 0 Å². The lowest BCUT2D eigenvalue weighted by Gasteiger charge is -2.44. The number of aromatic hydroxyl groups is 2. The highest BCUT2D eigenvalue weighted by Gasteiger charge is 2.53. The molecule has 3 aliphatic carbocycles. The van der Waals surface area contributed by atoms with E-state index < -0.39 is 12.1 Å². The third kappa shape index (κ3) is 9.85. The van der Waals surface area contributed by atoms with Crippen molar-refractivity contribution in [2.24, 2.45) is 33.2 Å². The van der Waals surface area contributed by atoms with E-state index in [0.717, 1.165) is 71.4 Å². The Morgan fingerprint density at radius 3 is 2.66 bits per heavy atom. The molecule has 0 saturated heterocycles. The third-order valence-electron chi connectivity index (χ3n) is 14.0. The fraction of sp³-hybridized carbons (Fsp3) is 0.451. The van der Waals surface area contributed by atoms with E-state index >= 15 is 0 Å². The summed E-state index contributed by atoms with van der Waals surface area (Å²) in [5.41, 5.74) is 20.2. The number of hydrogen-bond acceptors (Lipinski definition) is 11. The number of hydrogen-bond donors (Lipinski definition) is 5. The molecule has 11 heteroatoms. The van der Waals surface area contributed by atoms with E-state index in [9.17, 15) is 20.1 Å². The normalized spacial score (nSPS) is 25.7. The van der Waals surface area contributed by atoms with Gasteiger partial charge in [-0.3, -0.25) is 9.79 Å². The number of phenols is 2. The number of carbonyl (C=O) groups is 1. The van der Waals surface area contributed by atoms with Gasteiger partial charge in [-0.25, -0.2) is 0 Å². The summed E-state index contributed by atoms with van der Waals surface area (Å²) in [5, 5.41) is 39.8. The molecule has 9 nitrogen and oxygen atoms in total. The number of phenolic OH excluding ortho intramolecular Hbond substituents is 2. The Kier molecular flexibility index (Phi) is 13.9. The van der Waals surface area contributed by atoms with E-state index in [1.165, 1.54) is 25.7 Å². The average Bonchev–Trinajstić information content (AvgIpc) is 3.86. The number of nitrogens with two attached hydrogens (primary N) is 2. The van der Waals surface area contributed by atoms with Crippen LogP contribution in [0.25, 0.3) is 0 Å². The van der Waals surface area contributed by atoms with E-state index in [1.807, 2.05) is 65.0 Å². The molecule has 7 N–H and O–H groups in total. The Balaban J connectivity index is 1.16. The molecule has 5 aliphatic rings. The van der Waals surface area contributed by atoms with Gasteiger partial charge in [0, 0.05) is 47.6 Å². The monoisotopic (exact) mass is 871 g/mol. The molecule has 2 aliphatic heterocycles. The van der Waals surface area contributed by atoms with Crippen LogP contribution in [0.15, 0.2) is 89.3 Å². The SMILES string of the molecule is CNCCCC[C@@H]1CC[C@@]23CC[C@@]1(/C=C/C(=O)CCc1ccc(O)c(c1)OCCc1ccc(O)c(c1)[C@H]1CC([O-])=C4C=CN=C4CC#Cc4cc(C(N)N)c(cc41)CSSC2)C3. The molecular weight excluding hydrogens is 813 g/mol. The number of aryl methyl sites for hydroxylation is 1. The Hall–Kier alpha value is -4.44. The standard InChI is InChI=1S/C51H60N4O5S2/c1-54-22-3-2-6-37-14-18-50-20-21-51(37,31-50)19-15-38(56)11-8-33-10-13-46(58)48(26-33)60-24-17-34-9-12-45(57)43(25-34)42-29-47(59)39-16-23-55-44(39)7-4-5-35-27-41(49(52)53)36(28-40(35)42)30-61-62-32-50/h9-10,12-13,15-16,19,23,25-28,37,42,49,54,57-59H,2-3,6-8,11,14,17-18,20-22,24,29-32,52-53H2,1H3/p-1/b19-15+,47-39?/t37-,42+,50+,51+/m1/s1. The van der Waals surface area contributed by atoms with Gasteiger partial charge in [0.05, 0.1) is 24.9 Å². The molecule has 8 rings (SSSR count). The fourth-order valence-electron chi connectivity index (χ4n) is 10.5. The number of fused-ring (bicyclic) bond motifs is 7. The summed E-state index contributed by atoms with van der Waals surface area (Å²) in [6.45, 7) is 1.28. The third-order valence-corrected chi connectivity index (χ3v) is 16.5. The van der Waals surface area contributed by atoms with E-state index in [1.54, 1.807) is 24.4 Å². The average molecular weight is 872 g/mol. The van der Waals surface area contributed by atoms with Gasteiger partial charge in [0.1, 0.15) is 5.75 Å². The lowest BCUT2D eigenvalue weighted by molar-refractivity contribution is -0.307. The molecule has 0 amide bonds. The Morgan fingerprint density at radius 1 is 0.984 bits per heavy atom. The van der Waals surface area contributed by atoms with Crippen molar-refractivity contribution in [1.82, 2.24) is 5.32 Å². The number of ketones is 1. The minimum absolute atomic E-state index is 0.0201. The Labute approximate surface area is 374 Å². The lowest BCUT2D eigenvalue weighted by atomic mass is 9.62. The van der Waals surface area contributed by atoms with E-state index in [2.05, 4.69) is 34.3 Å². The van der Waals surface area contributed by atoms with Crippen molar-refractivity contribution in [3.8, 4) is 29.1 Å². The first-order valence-corrected chi connectivity index (χ1v) is 24.7. The molecule has 62 heavy (non-hydrogen) atoms. The quantitative estimate of drug-likeness (QED) is 0.0703. The second kappa shape index (κ2) is 19.5. The minimum atomic E-state index is -0.735. The zero-order chi connectivity index (χ0) is 43.3. The van der Waals surface area contributed by atoms with Crippen molar-refractivity contribution in [2.45, 2.75) is 101 Å². The predicted octanol–water partition coefficient (Wildman–Crippen LogP) is 8.40. The van der Waals surface area contributed by atoms with E-state index in [0.29, 0.717) is 60.0 Å². The van der Waals surface area contributed by atoms with Crippen LogP contribution in [0.1, 0.15) is 122 Å². The number of benzene rings is 3. The first-order valence-electron chi connectivity index (χ1n) is 22.2. The van der Waals surface area contributed by atoms with Gasteiger partial charge in [0.25, 0.3) is 0 Å². The highest BCUT2D eigenvalue weighted by Crippen LogP contribution is 2.64. The van der Waals surface area contributed by atoms with Gasteiger partial charge in [0.15, 0.2) is 17.3 Å². The first kappa shape index (κ1) is 44.2. The first-order chi connectivity index (χ1) is 30.0. The molecule has 2 saturated carbocycles. The summed E-state index contributed by atoms with van der Waals surface area (Å²) in [7, 11) is 5.74. The number of allylic oxidation sites excluding steroid dienone is 5. The molecule has 3 aromatic rings. The predicted molar refractivity (Wildman–Crippen MR) is 250 cm³/mol. The smallest absolute Gasteiger partial charge is 0.161 e. The maximum atomic E-state index is 14.2. The summed E-state index contributed by atoms with van der Waals surface area (Å²) in [6, 6.07) is 14.9. The molecule has 2 fully saturated rings. The fourth-order valence-corrected chi connectivity index (χ4v) is 13.3. The number of unbranched alkanes of at least 4 members (excludes halogenated alkanes) is 1. The van der Waals surface area contributed by atoms with Crippen molar-refractivity contribution < 1.29 is 24.9 Å². The minimum Gasteiger partial charge on any atom is -0.875 e. The van der Waals surface area contributed by atoms with Gasteiger partial charge in [-0.15, -0.1) is 5.76 Å². The topological polar surface area (TPSA) is 166 Å². The van der Waals surface area contributed by atoms with Crippen LogP contribution >= 0.6 is 21.6 Å². The molecule has 2 heterocycles. The molecule has 8 bridgehead atoms. The number of nitrogens with one attached hydrogen (secondary N) is 1. The van der Waals surface area contributed by atoms with Gasteiger partial charge in [-0.2, -0.15) is 0 Å². The molecular formula is C51H59N4O5S2-. The van der Waals surface area contributed by atoms with Crippen LogP contribution in [-0.4, -0.2) is 47.7 Å². The molecule has 0 spiro atoms.